The monoisotopic (exact) mass is 662 g/mol. The number of carboxylic acid groups (broad SMARTS) is 1. The number of nitrogen functional groups attached to an aromatic ring is 1. The second-order valence-corrected chi connectivity index (χ2v) is 11.5. The van der Waals surface area contributed by atoms with Crippen LogP contribution < -0.4 is 16.6 Å². The van der Waals surface area contributed by atoms with Crippen molar-refractivity contribution in [3.8, 4) is 0 Å². The number of halogens is 5. The highest BCUT2D eigenvalue weighted by atomic mass is 35.5. The van der Waals surface area contributed by atoms with E-state index >= 15 is 0 Å². The first-order valence-corrected chi connectivity index (χ1v) is 14.6. The summed E-state index contributed by atoms with van der Waals surface area (Å²) >= 11 is 5.84. The van der Waals surface area contributed by atoms with Crippen molar-refractivity contribution in [2.45, 2.75) is 32.6 Å². The van der Waals surface area contributed by atoms with Crippen LogP contribution in [0.3, 0.4) is 0 Å². The van der Waals surface area contributed by atoms with Crippen molar-refractivity contribution in [3.05, 3.63) is 80.7 Å². The van der Waals surface area contributed by atoms with Gasteiger partial charge in [0.05, 0.1) is 16.1 Å². The average Bonchev–Trinajstić information content (AvgIpc) is 3.45. The zero-order chi connectivity index (χ0) is 33.5. The molecule has 1 fully saturated rings. The maximum atomic E-state index is 13.8. The zero-order valence-corrected chi connectivity index (χ0v) is 25.7. The molecule has 0 unspecified atom stereocenters. The predicted molar refractivity (Wildman–Crippen MR) is 168 cm³/mol. The van der Waals surface area contributed by atoms with Gasteiger partial charge >= 0.3 is 12.1 Å². The number of aromatic nitrogens is 3. The lowest BCUT2D eigenvalue weighted by Gasteiger charge is -2.37. The Labute approximate surface area is 265 Å². The smallest absolute Gasteiger partial charge is 0.435 e. The summed E-state index contributed by atoms with van der Waals surface area (Å²) in [5.74, 6) is -2.43. The van der Waals surface area contributed by atoms with Gasteiger partial charge in [-0.3, -0.25) is 14.6 Å². The van der Waals surface area contributed by atoms with Gasteiger partial charge in [-0.05, 0) is 44.2 Å². The Bertz CT molecular complexity index is 1930. The van der Waals surface area contributed by atoms with Crippen LogP contribution in [0.1, 0.15) is 35.5 Å². The van der Waals surface area contributed by atoms with Crippen LogP contribution in [0.2, 0.25) is 5.02 Å². The molecule has 1 saturated heterocycles. The van der Waals surface area contributed by atoms with E-state index in [9.17, 15) is 32.3 Å². The molecule has 0 spiro atoms. The third-order valence-electron chi connectivity index (χ3n) is 7.89. The van der Waals surface area contributed by atoms with Crippen molar-refractivity contribution in [2.24, 2.45) is 4.99 Å². The van der Waals surface area contributed by atoms with Gasteiger partial charge in [-0.1, -0.05) is 18.2 Å². The van der Waals surface area contributed by atoms with Crippen molar-refractivity contribution >= 4 is 51.7 Å². The van der Waals surface area contributed by atoms with Crippen LogP contribution in [-0.2, 0) is 12.7 Å². The first-order valence-electron chi connectivity index (χ1n) is 14.3. The lowest BCUT2D eigenvalue weighted by molar-refractivity contribution is -0.141. The number of hydrogen-bond acceptors (Lipinski definition) is 8. The maximum absolute atomic E-state index is 13.8. The summed E-state index contributed by atoms with van der Waals surface area (Å²) < 4.78 is 57.2. The number of carbonyl (C=O) groups is 1. The normalized spacial score (nSPS) is 15.0. The second kappa shape index (κ2) is 12.7. The van der Waals surface area contributed by atoms with E-state index in [0.717, 1.165) is 40.4 Å². The number of benzene rings is 1. The first-order chi connectivity index (χ1) is 21.6. The number of pyridine rings is 2. The molecule has 16 heteroatoms. The highest BCUT2D eigenvalue weighted by molar-refractivity contribution is 6.31. The molecule has 11 nitrogen and oxygen atoms in total. The van der Waals surface area contributed by atoms with Crippen molar-refractivity contribution in [2.75, 3.05) is 43.8 Å². The third kappa shape index (κ3) is 6.57. The van der Waals surface area contributed by atoms with Crippen LogP contribution in [0.4, 0.5) is 29.1 Å². The molecule has 4 aromatic rings. The van der Waals surface area contributed by atoms with E-state index in [1.165, 1.54) is 18.3 Å². The van der Waals surface area contributed by atoms with E-state index in [-0.39, 0.29) is 45.2 Å². The average molecular weight is 663 g/mol. The van der Waals surface area contributed by atoms with Crippen LogP contribution in [0.25, 0.3) is 16.4 Å². The fraction of sp³-hybridized carbons (Fsp3) is 0.333. The molecule has 3 aromatic heterocycles. The largest absolute Gasteiger partial charge is 0.477 e. The van der Waals surface area contributed by atoms with E-state index in [1.54, 1.807) is 0 Å². The number of rotatable bonds is 9. The summed E-state index contributed by atoms with van der Waals surface area (Å²) in [5.41, 5.74) is 3.85. The molecule has 4 heterocycles. The molecule has 0 bridgehead atoms. The fourth-order valence-electron chi connectivity index (χ4n) is 5.43. The molecular formula is C30H31ClF4N8O3. The topological polar surface area (TPSA) is 133 Å². The van der Waals surface area contributed by atoms with Crippen molar-refractivity contribution in [1.82, 2.24) is 24.0 Å². The van der Waals surface area contributed by atoms with Gasteiger partial charge in [-0.15, -0.1) is 0 Å². The maximum Gasteiger partial charge on any atom is 0.435 e. The molecule has 0 amide bonds. The number of nitrogens with two attached hydrogens (primary N) is 1. The SMILES string of the molecule is C=C(N=Cc1c(N)n2nc(C(F)(F)F)cc2c2c1cc(C(=O)O)c(=O)n2CCN1CCN(C(C)C)CC1)Nc1ccc(F)c(Cl)c1. The number of hydrogen-bond donors (Lipinski definition) is 3. The number of aromatic carboxylic acids is 1. The highest BCUT2D eigenvalue weighted by Crippen LogP contribution is 2.34. The van der Waals surface area contributed by atoms with E-state index in [4.69, 9.17) is 17.3 Å². The molecule has 0 saturated carbocycles. The van der Waals surface area contributed by atoms with Gasteiger partial charge in [0, 0.05) is 68.2 Å². The summed E-state index contributed by atoms with van der Waals surface area (Å²) in [4.78, 5) is 34.4. The number of aliphatic imine (C=N–C) groups is 1. The molecule has 4 N–H and O–H groups in total. The standard InChI is InChI=1S/C30H31ClF4N8O3/c1-16(2)41-9-6-40(7-10-41)8-11-42-26-19(13-20(28(42)44)29(45)46)21(27(36)43-24(26)14-25(39-43)30(33,34)35)15-37-17(3)38-18-4-5-23(32)22(31)12-18/h4-5,12-16,38H,3,6-11,36H2,1-2H3,(H,45,46). The number of piperazine rings is 1. The molecular weight excluding hydrogens is 632 g/mol. The number of nitrogens with zero attached hydrogens (tertiary/aromatic N) is 6. The molecule has 0 atom stereocenters. The number of anilines is 2. The minimum Gasteiger partial charge on any atom is -0.477 e. The summed E-state index contributed by atoms with van der Waals surface area (Å²) in [6, 6.07) is 6.04. The van der Waals surface area contributed by atoms with Crippen LogP contribution in [0.5, 0.6) is 0 Å². The molecule has 244 valence electrons. The molecule has 0 radical (unpaired) electrons. The van der Waals surface area contributed by atoms with Crippen molar-refractivity contribution in [1.29, 1.82) is 0 Å². The van der Waals surface area contributed by atoms with Crippen LogP contribution >= 0.6 is 11.6 Å². The lowest BCUT2D eigenvalue weighted by atomic mass is 10.1. The van der Waals surface area contributed by atoms with Crippen LogP contribution in [-0.4, -0.2) is 80.0 Å². The van der Waals surface area contributed by atoms with E-state index in [0.29, 0.717) is 31.4 Å². The summed E-state index contributed by atoms with van der Waals surface area (Å²) in [6.45, 7) is 11.3. The minimum absolute atomic E-state index is 0.00112. The van der Waals surface area contributed by atoms with Gasteiger partial charge in [0.15, 0.2) is 5.69 Å². The number of fused-ring (bicyclic) bond motifs is 3. The van der Waals surface area contributed by atoms with Gasteiger partial charge in [0.1, 0.15) is 23.0 Å². The second-order valence-electron chi connectivity index (χ2n) is 11.1. The minimum atomic E-state index is -4.84. The molecule has 0 aliphatic carbocycles. The lowest BCUT2D eigenvalue weighted by Crippen LogP contribution is -2.49. The van der Waals surface area contributed by atoms with Gasteiger partial charge in [-0.2, -0.15) is 18.3 Å². The summed E-state index contributed by atoms with van der Waals surface area (Å²) in [5, 5.41) is 16.3. The zero-order valence-electron chi connectivity index (χ0n) is 24.9. The summed E-state index contributed by atoms with van der Waals surface area (Å²) in [7, 11) is 0. The Balaban J connectivity index is 1.64. The number of alkyl halides is 3. The highest BCUT2D eigenvalue weighted by Gasteiger charge is 2.35. The Morgan fingerprint density at radius 1 is 1.20 bits per heavy atom. The molecule has 1 aromatic carbocycles. The van der Waals surface area contributed by atoms with Gasteiger partial charge in [0.25, 0.3) is 5.56 Å². The summed E-state index contributed by atoms with van der Waals surface area (Å²) in [6.07, 6.45) is -3.66. The number of nitrogens with one attached hydrogen (secondary N) is 1. The fourth-order valence-corrected chi connectivity index (χ4v) is 5.62. The molecule has 5 rings (SSSR count). The van der Waals surface area contributed by atoms with Crippen LogP contribution in [0.15, 0.2) is 52.5 Å². The van der Waals surface area contributed by atoms with Gasteiger partial charge < -0.3 is 20.7 Å². The van der Waals surface area contributed by atoms with Crippen molar-refractivity contribution in [3.63, 3.8) is 0 Å². The third-order valence-corrected chi connectivity index (χ3v) is 8.18. The van der Waals surface area contributed by atoms with Crippen LogP contribution in [0, 0.1) is 5.82 Å². The van der Waals surface area contributed by atoms with E-state index in [1.807, 2.05) is 0 Å². The van der Waals surface area contributed by atoms with E-state index < -0.39 is 34.8 Å². The number of carboxylic acids is 1. The predicted octanol–water partition coefficient (Wildman–Crippen LogP) is 4.77. The molecule has 1 aliphatic heterocycles. The Kier molecular flexibility index (Phi) is 9.11. The molecule has 46 heavy (non-hydrogen) atoms. The Morgan fingerprint density at radius 3 is 2.50 bits per heavy atom. The quantitative estimate of drug-likeness (QED) is 0.173. The van der Waals surface area contributed by atoms with Crippen molar-refractivity contribution < 1.29 is 27.5 Å². The first kappa shape index (κ1) is 32.9. The van der Waals surface area contributed by atoms with Gasteiger partial charge in [0.2, 0.25) is 0 Å². The van der Waals surface area contributed by atoms with Gasteiger partial charge in [-0.25, -0.2) is 18.7 Å². The Hall–Kier alpha value is -4.47. The molecule has 1 aliphatic rings. The Morgan fingerprint density at radius 2 is 1.89 bits per heavy atom. The van der Waals surface area contributed by atoms with E-state index in [2.05, 4.69) is 45.6 Å².